The van der Waals surface area contributed by atoms with Crippen molar-refractivity contribution < 1.29 is 14.6 Å². The van der Waals surface area contributed by atoms with Crippen molar-refractivity contribution in [2.75, 3.05) is 20.2 Å². The number of methoxy groups -OCH3 is 1. The number of amides is 1. The van der Waals surface area contributed by atoms with Crippen LogP contribution in [0.2, 0.25) is 0 Å². The Labute approximate surface area is 219 Å². The van der Waals surface area contributed by atoms with Crippen molar-refractivity contribution >= 4 is 5.91 Å². The van der Waals surface area contributed by atoms with E-state index in [1.165, 1.54) is 0 Å². The largest absolute Gasteiger partial charge is 0.497 e. The average Bonchev–Trinajstić information content (AvgIpc) is 2.96. The van der Waals surface area contributed by atoms with Crippen molar-refractivity contribution in [3.8, 4) is 16.9 Å². The lowest BCUT2D eigenvalue weighted by Gasteiger charge is -2.24. The van der Waals surface area contributed by atoms with Gasteiger partial charge in [-0.05, 0) is 52.9 Å². The number of aliphatic hydroxyl groups excluding tert-OH is 1. The van der Waals surface area contributed by atoms with Crippen LogP contribution in [0.3, 0.4) is 0 Å². The maximum atomic E-state index is 13.0. The van der Waals surface area contributed by atoms with Gasteiger partial charge in [-0.3, -0.25) is 4.79 Å². The van der Waals surface area contributed by atoms with Gasteiger partial charge in [0.2, 0.25) is 0 Å². The van der Waals surface area contributed by atoms with Crippen LogP contribution in [0.4, 0.5) is 0 Å². The van der Waals surface area contributed by atoms with Crippen LogP contribution in [-0.2, 0) is 13.0 Å². The zero-order valence-corrected chi connectivity index (χ0v) is 21.1. The molecule has 5 nitrogen and oxygen atoms in total. The highest BCUT2D eigenvalue weighted by molar-refractivity contribution is 5.95. The summed E-state index contributed by atoms with van der Waals surface area (Å²) in [5, 5.41) is 17.5. The van der Waals surface area contributed by atoms with Crippen LogP contribution in [0.15, 0.2) is 109 Å². The number of aliphatic hydroxyl groups is 1. The number of rotatable bonds is 12. The standard InChI is InChI=1S/C32H34N2O3/c1-37-30-17-8-12-25(19-30)21-33-23-31(35)29(18-24-10-4-2-5-11-24)22-34-32(36)28-16-9-15-27(20-28)26-13-6-3-7-14-26/h2-17,19-20,29,31,33,35H,18,21-23H2,1H3,(H,34,36)/t29-,31-/m0/s1. The molecule has 0 unspecified atom stereocenters. The van der Waals surface area contributed by atoms with Crippen LogP contribution in [0.5, 0.6) is 5.75 Å². The topological polar surface area (TPSA) is 70.6 Å². The zero-order chi connectivity index (χ0) is 25.9. The number of carbonyl (C=O) groups excluding carboxylic acids is 1. The molecule has 0 saturated heterocycles. The van der Waals surface area contributed by atoms with Gasteiger partial charge in [0.15, 0.2) is 0 Å². The molecule has 0 radical (unpaired) electrons. The summed E-state index contributed by atoms with van der Waals surface area (Å²) in [4.78, 5) is 13.0. The highest BCUT2D eigenvalue weighted by Gasteiger charge is 2.21. The van der Waals surface area contributed by atoms with Crippen molar-refractivity contribution in [2.45, 2.75) is 19.1 Å². The molecular formula is C32H34N2O3. The minimum atomic E-state index is -0.637. The van der Waals surface area contributed by atoms with Crippen LogP contribution in [0.1, 0.15) is 21.5 Å². The molecule has 0 spiro atoms. The second-order valence-corrected chi connectivity index (χ2v) is 9.16. The lowest BCUT2D eigenvalue weighted by Crippen LogP contribution is -2.40. The Morgan fingerprint density at radius 2 is 1.46 bits per heavy atom. The van der Waals surface area contributed by atoms with E-state index in [4.69, 9.17) is 4.74 Å². The number of ether oxygens (including phenoxy) is 1. The van der Waals surface area contributed by atoms with Crippen LogP contribution in [0.25, 0.3) is 11.1 Å². The quantitative estimate of drug-likeness (QED) is 0.256. The van der Waals surface area contributed by atoms with Crippen LogP contribution in [0, 0.1) is 5.92 Å². The lowest BCUT2D eigenvalue weighted by molar-refractivity contribution is 0.0870. The molecule has 0 aromatic heterocycles. The summed E-state index contributed by atoms with van der Waals surface area (Å²) < 4.78 is 5.29. The molecule has 2 atom stereocenters. The molecule has 0 heterocycles. The predicted molar refractivity (Wildman–Crippen MR) is 149 cm³/mol. The SMILES string of the molecule is COc1cccc(CNC[C@H](O)[C@H](CNC(=O)c2cccc(-c3ccccc3)c2)Cc2ccccc2)c1. The predicted octanol–water partition coefficient (Wildman–Crippen LogP) is 5.10. The molecule has 0 bridgehead atoms. The molecule has 4 rings (SSSR count). The van der Waals surface area contributed by atoms with E-state index in [2.05, 4.69) is 22.8 Å². The molecule has 0 aliphatic carbocycles. The molecule has 0 aliphatic heterocycles. The van der Waals surface area contributed by atoms with Gasteiger partial charge in [-0.15, -0.1) is 0 Å². The van der Waals surface area contributed by atoms with Gasteiger partial charge in [-0.2, -0.15) is 0 Å². The highest BCUT2D eigenvalue weighted by Crippen LogP contribution is 2.20. The maximum Gasteiger partial charge on any atom is 0.251 e. The monoisotopic (exact) mass is 494 g/mol. The van der Waals surface area contributed by atoms with E-state index in [1.807, 2.05) is 97.1 Å². The van der Waals surface area contributed by atoms with E-state index >= 15 is 0 Å². The van der Waals surface area contributed by atoms with E-state index in [-0.39, 0.29) is 11.8 Å². The van der Waals surface area contributed by atoms with Gasteiger partial charge in [-0.1, -0.05) is 84.9 Å². The molecular weight excluding hydrogens is 460 g/mol. The Morgan fingerprint density at radius 1 is 0.784 bits per heavy atom. The fourth-order valence-electron chi connectivity index (χ4n) is 4.37. The molecule has 1 amide bonds. The second kappa shape index (κ2) is 13.4. The van der Waals surface area contributed by atoms with E-state index in [1.54, 1.807) is 7.11 Å². The number of carbonyl (C=O) groups is 1. The van der Waals surface area contributed by atoms with E-state index < -0.39 is 6.10 Å². The lowest BCUT2D eigenvalue weighted by atomic mass is 9.93. The van der Waals surface area contributed by atoms with Gasteiger partial charge in [0.1, 0.15) is 5.75 Å². The van der Waals surface area contributed by atoms with Crippen molar-refractivity contribution in [1.29, 1.82) is 0 Å². The smallest absolute Gasteiger partial charge is 0.251 e. The van der Waals surface area contributed by atoms with Gasteiger partial charge in [0.05, 0.1) is 13.2 Å². The van der Waals surface area contributed by atoms with Crippen LogP contribution < -0.4 is 15.4 Å². The van der Waals surface area contributed by atoms with Crippen molar-refractivity contribution in [2.24, 2.45) is 5.92 Å². The molecule has 3 N–H and O–H groups in total. The third-order valence-corrected chi connectivity index (χ3v) is 6.46. The minimum absolute atomic E-state index is 0.146. The van der Waals surface area contributed by atoms with E-state index in [0.717, 1.165) is 28.0 Å². The molecule has 4 aromatic rings. The summed E-state index contributed by atoms with van der Waals surface area (Å²) in [6.07, 6.45) is 0.0226. The third-order valence-electron chi connectivity index (χ3n) is 6.46. The number of hydrogen-bond acceptors (Lipinski definition) is 4. The fraction of sp³-hybridized carbons (Fsp3) is 0.219. The van der Waals surface area contributed by atoms with Gasteiger partial charge in [-0.25, -0.2) is 0 Å². The molecule has 0 aliphatic rings. The van der Waals surface area contributed by atoms with Gasteiger partial charge < -0.3 is 20.5 Å². The van der Waals surface area contributed by atoms with Crippen molar-refractivity contribution in [3.63, 3.8) is 0 Å². The Hall–Kier alpha value is -3.93. The fourth-order valence-corrected chi connectivity index (χ4v) is 4.37. The summed E-state index contributed by atoms with van der Waals surface area (Å²) in [6, 6.07) is 35.6. The summed E-state index contributed by atoms with van der Waals surface area (Å²) in [7, 11) is 1.65. The van der Waals surface area contributed by atoms with Gasteiger partial charge in [0.25, 0.3) is 5.91 Å². The average molecular weight is 495 g/mol. The Kier molecular flexibility index (Phi) is 9.47. The van der Waals surface area contributed by atoms with Crippen LogP contribution in [-0.4, -0.2) is 37.3 Å². The normalized spacial score (nSPS) is 12.5. The first-order valence-corrected chi connectivity index (χ1v) is 12.6. The molecule has 5 heteroatoms. The summed E-state index contributed by atoms with van der Waals surface area (Å²) in [5.41, 5.74) is 4.87. The van der Waals surface area contributed by atoms with Gasteiger partial charge >= 0.3 is 0 Å². The first-order chi connectivity index (χ1) is 18.1. The van der Waals surface area contributed by atoms with E-state index in [9.17, 15) is 9.90 Å². The maximum absolute atomic E-state index is 13.0. The minimum Gasteiger partial charge on any atom is -0.497 e. The first kappa shape index (κ1) is 26.1. The third kappa shape index (κ3) is 7.78. The Morgan fingerprint density at radius 3 is 2.22 bits per heavy atom. The molecule has 0 saturated carbocycles. The van der Waals surface area contributed by atoms with Gasteiger partial charge in [0, 0.05) is 31.1 Å². The molecule has 4 aromatic carbocycles. The summed E-state index contributed by atoms with van der Waals surface area (Å²) >= 11 is 0. The van der Waals surface area contributed by atoms with Crippen molar-refractivity contribution in [1.82, 2.24) is 10.6 Å². The summed E-state index contributed by atoms with van der Waals surface area (Å²) in [5.74, 6) is 0.509. The second-order valence-electron chi connectivity index (χ2n) is 9.16. The Bertz CT molecular complexity index is 1260. The highest BCUT2D eigenvalue weighted by atomic mass is 16.5. The zero-order valence-electron chi connectivity index (χ0n) is 21.1. The molecule has 0 fully saturated rings. The van der Waals surface area contributed by atoms with Crippen LogP contribution >= 0.6 is 0 Å². The number of benzene rings is 4. The molecule has 37 heavy (non-hydrogen) atoms. The number of hydrogen-bond donors (Lipinski definition) is 3. The Balaban J connectivity index is 1.39. The van der Waals surface area contributed by atoms with Crippen molar-refractivity contribution in [3.05, 3.63) is 126 Å². The summed E-state index contributed by atoms with van der Waals surface area (Å²) in [6.45, 7) is 1.39. The first-order valence-electron chi connectivity index (χ1n) is 12.6. The number of nitrogens with one attached hydrogen (secondary N) is 2. The molecule has 190 valence electrons. The van der Waals surface area contributed by atoms with E-state index in [0.29, 0.717) is 31.6 Å².